The Morgan fingerprint density at radius 3 is 2.49 bits per heavy atom. The number of pyridine rings is 1. The number of anilines is 1. The third-order valence-electron chi connectivity index (χ3n) is 8.93. The van der Waals surface area contributed by atoms with Gasteiger partial charge >= 0.3 is 12.1 Å². The number of nitrogens with two attached hydrogens (primary N) is 1. The number of aromatic nitrogens is 1. The lowest BCUT2D eigenvalue weighted by Gasteiger charge is -2.40. The van der Waals surface area contributed by atoms with Crippen LogP contribution in [0.2, 0.25) is 0 Å². The Kier molecular flexibility index (Phi) is 8.16. The van der Waals surface area contributed by atoms with Crippen LogP contribution in [0.1, 0.15) is 69.8 Å². The smallest absolute Gasteiger partial charge is 0.410 e. The first-order chi connectivity index (χ1) is 21.5. The van der Waals surface area contributed by atoms with Gasteiger partial charge in [-0.15, -0.1) is 0 Å². The molecule has 1 spiro atoms. The first kappa shape index (κ1) is 30.4. The van der Waals surface area contributed by atoms with Gasteiger partial charge in [-0.25, -0.2) is 9.78 Å². The number of carbonyl (C=O) groups excluding carboxylic acids is 2. The van der Waals surface area contributed by atoms with Crippen LogP contribution in [-0.2, 0) is 26.1 Å². The number of piperidine rings is 1. The number of ether oxygens (including phenoxy) is 3. The lowest BCUT2D eigenvalue weighted by molar-refractivity contribution is -0.142. The molecule has 2 aliphatic rings. The summed E-state index contributed by atoms with van der Waals surface area (Å²) in [6.07, 6.45) is 3.76. The van der Waals surface area contributed by atoms with Crippen molar-refractivity contribution in [2.24, 2.45) is 0 Å². The summed E-state index contributed by atoms with van der Waals surface area (Å²) in [5.41, 5.74) is 10.8. The van der Waals surface area contributed by atoms with Crippen molar-refractivity contribution in [1.29, 1.82) is 0 Å². The van der Waals surface area contributed by atoms with E-state index in [1.807, 2.05) is 56.0 Å². The first-order valence-corrected chi connectivity index (χ1v) is 15.7. The minimum atomic E-state index is -0.540. The average molecular weight is 608 g/mol. The quantitative estimate of drug-likeness (QED) is 0.228. The second kappa shape index (κ2) is 12.1. The number of fused-ring (bicyclic) bond motifs is 3. The van der Waals surface area contributed by atoms with Gasteiger partial charge in [0.05, 0.1) is 13.0 Å². The van der Waals surface area contributed by atoms with Crippen molar-refractivity contribution < 1.29 is 23.8 Å². The third-order valence-corrected chi connectivity index (χ3v) is 8.93. The summed E-state index contributed by atoms with van der Waals surface area (Å²) >= 11 is 0. The Morgan fingerprint density at radius 2 is 1.73 bits per heavy atom. The molecule has 1 aliphatic heterocycles. The molecule has 1 unspecified atom stereocenters. The van der Waals surface area contributed by atoms with Crippen molar-refractivity contribution in [2.75, 3.05) is 25.4 Å². The Balaban J connectivity index is 1.35. The maximum atomic E-state index is 12.9. The van der Waals surface area contributed by atoms with Gasteiger partial charge in [-0.1, -0.05) is 42.5 Å². The predicted octanol–water partition coefficient (Wildman–Crippen LogP) is 7.38. The van der Waals surface area contributed by atoms with Gasteiger partial charge in [0.25, 0.3) is 0 Å². The van der Waals surface area contributed by atoms with E-state index < -0.39 is 5.60 Å². The van der Waals surface area contributed by atoms with Gasteiger partial charge < -0.3 is 24.8 Å². The van der Waals surface area contributed by atoms with Crippen molar-refractivity contribution in [2.45, 2.75) is 70.5 Å². The van der Waals surface area contributed by atoms with Crippen molar-refractivity contribution in [3.05, 3.63) is 89.6 Å². The van der Waals surface area contributed by atoms with Crippen LogP contribution in [0, 0.1) is 0 Å². The van der Waals surface area contributed by atoms with Gasteiger partial charge in [0.1, 0.15) is 23.3 Å². The number of rotatable bonds is 6. The van der Waals surface area contributed by atoms with Gasteiger partial charge in [-0.05, 0) is 98.9 Å². The highest BCUT2D eigenvalue weighted by Crippen LogP contribution is 2.53. The van der Waals surface area contributed by atoms with Gasteiger partial charge in [0, 0.05) is 35.7 Å². The van der Waals surface area contributed by atoms with E-state index in [0.717, 1.165) is 52.3 Å². The second-order valence-corrected chi connectivity index (χ2v) is 13.1. The normalized spacial score (nSPS) is 17.2. The van der Waals surface area contributed by atoms with E-state index >= 15 is 0 Å². The van der Waals surface area contributed by atoms with E-state index in [2.05, 4.69) is 41.4 Å². The summed E-state index contributed by atoms with van der Waals surface area (Å²) in [5, 5.41) is 1.96. The Bertz CT molecular complexity index is 1740. The molecule has 45 heavy (non-hydrogen) atoms. The fraction of sp³-hybridized carbons (Fsp3) is 0.378. The van der Waals surface area contributed by atoms with Crippen LogP contribution >= 0.6 is 0 Å². The Labute approximate surface area is 264 Å². The zero-order valence-corrected chi connectivity index (χ0v) is 26.5. The molecule has 1 aromatic heterocycles. The number of likely N-dealkylation sites (tertiary alicyclic amines) is 1. The predicted molar refractivity (Wildman–Crippen MR) is 175 cm³/mol. The van der Waals surface area contributed by atoms with Crippen molar-refractivity contribution >= 4 is 28.7 Å². The molecule has 4 aromatic rings. The summed E-state index contributed by atoms with van der Waals surface area (Å²) in [6, 6.07) is 22.6. The molecule has 1 atom stereocenters. The summed E-state index contributed by atoms with van der Waals surface area (Å²) in [4.78, 5) is 31.4. The van der Waals surface area contributed by atoms with Gasteiger partial charge in [-0.3, -0.25) is 4.79 Å². The molecule has 1 amide bonds. The summed E-state index contributed by atoms with van der Waals surface area (Å²) in [5.74, 6) is 0.907. The molecule has 6 rings (SSSR count). The maximum absolute atomic E-state index is 12.9. The Morgan fingerprint density at radius 1 is 1.00 bits per heavy atom. The number of carbonyl (C=O) groups is 2. The molecule has 2 N–H and O–H groups in total. The number of esters is 1. The van der Waals surface area contributed by atoms with Gasteiger partial charge in [0.15, 0.2) is 0 Å². The Hall–Kier alpha value is -4.59. The first-order valence-electron chi connectivity index (χ1n) is 15.7. The number of para-hydroxylation sites is 1. The van der Waals surface area contributed by atoms with Gasteiger partial charge in [0.2, 0.25) is 0 Å². The van der Waals surface area contributed by atoms with Crippen LogP contribution in [0.5, 0.6) is 5.75 Å². The highest BCUT2D eigenvalue weighted by atomic mass is 16.6. The lowest BCUT2D eigenvalue weighted by atomic mass is 9.73. The van der Waals surface area contributed by atoms with Crippen LogP contribution in [0.15, 0.2) is 72.9 Å². The molecule has 3 aromatic carbocycles. The van der Waals surface area contributed by atoms with Crippen LogP contribution in [-0.4, -0.2) is 47.2 Å². The van der Waals surface area contributed by atoms with E-state index in [4.69, 9.17) is 19.9 Å². The summed E-state index contributed by atoms with van der Waals surface area (Å²) < 4.78 is 17.7. The minimum absolute atomic E-state index is 0.145. The fourth-order valence-corrected chi connectivity index (χ4v) is 6.74. The molecule has 1 aliphatic carbocycles. The van der Waals surface area contributed by atoms with Gasteiger partial charge in [-0.2, -0.15) is 0 Å². The SMILES string of the molecule is CCOC(=O)Cc1ccccc1OC1CC2(CCN(C(=O)OC(C)(C)C)CC2)c2ccc(-c3ccc4ccnc(N)c4c3)cc21. The van der Waals surface area contributed by atoms with Crippen LogP contribution < -0.4 is 10.5 Å². The number of amides is 1. The standard InChI is InChI=1S/C37H41N3O5/c1-5-43-33(41)22-27-8-6-7-9-31(27)44-32-23-37(15-18-40(19-16-37)35(42)45-36(2,3)4)30-13-12-26(21-29(30)32)25-11-10-24-14-17-39-34(38)28(24)20-25/h6-14,17,20-21,32H,5,15-16,18-19,22-23H2,1-4H3,(H2,38,39). The average Bonchev–Trinajstić information content (AvgIpc) is 3.29. The van der Waals surface area contributed by atoms with E-state index in [-0.39, 0.29) is 30.0 Å². The molecule has 8 nitrogen and oxygen atoms in total. The number of benzene rings is 3. The lowest BCUT2D eigenvalue weighted by Crippen LogP contribution is -2.46. The zero-order chi connectivity index (χ0) is 31.8. The molecule has 8 heteroatoms. The summed E-state index contributed by atoms with van der Waals surface area (Å²) in [6.45, 7) is 9.04. The zero-order valence-electron chi connectivity index (χ0n) is 26.5. The number of hydrogen-bond acceptors (Lipinski definition) is 7. The van der Waals surface area contributed by atoms with Crippen molar-refractivity contribution in [3.63, 3.8) is 0 Å². The van der Waals surface area contributed by atoms with E-state index in [1.165, 1.54) is 5.56 Å². The van der Waals surface area contributed by atoms with E-state index in [0.29, 0.717) is 31.3 Å². The van der Waals surface area contributed by atoms with Crippen LogP contribution in [0.25, 0.3) is 21.9 Å². The molecule has 0 bridgehead atoms. The molecule has 0 saturated carbocycles. The highest BCUT2D eigenvalue weighted by molar-refractivity contribution is 5.94. The topological polar surface area (TPSA) is 104 Å². The van der Waals surface area contributed by atoms with E-state index in [9.17, 15) is 9.59 Å². The molecule has 2 heterocycles. The van der Waals surface area contributed by atoms with Crippen molar-refractivity contribution in [3.8, 4) is 16.9 Å². The minimum Gasteiger partial charge on any atom is -0.485 e. The van der Waals surface area contributed by atoms with Crippen molar-refractivity contribution in [1.82, 2.24) is 9.88 Å². The number of nitrogen functional groups attached to an aromatic ring is 1. The monoisotopic (exact) mass is 607 g/mol. The largest absolute Gasteiger partial charge is 0.485 e. The number of hydrogen-bond donors (Lipinski definition) is 1. The fourth-order valence-electron chi connectivity index (χ4n) is 6.74. The molecular formula is C37H41N3O5. The van der Waals surface area contributed by atoms with Crippen LogP contribution in [0.4, 0.5) is 10.6 Å². The maximum Gasteiger partial charge on any atom is 0.410 e. The molecule has 1 saturated heterocycles. The molecule has 0 radical (unpaired) electrons. The molecular weight excluding hydrogens is 566 g/mol. The molecule has 1 fully saturated rings. The van der Waals surface area contributed by atoms with E-state index in [1.54, 1.807) is 13.1 Å². The third kappa shape index (κ3) is 6.32. The van der Waals surface area contributed by atoms with Crippen LogP contribution in [0.3, 0.4) is 0 Å². The molecule has 234 valence electrons. The second-order valence-electron chi connectivity index (χ2n) is 13.1. The number of nitrogens with zero attached hydrogens (tertiary/aromatic N) is 2. The highest BCUT2D eigenvalue weighted by Gasteiger charge is 2.47. The summed E-state index contributed by atoms with van der Waals surface area (Å²) in [7, 11) is 0.